The number of carboxylic acids is 1. The third kappa shape index (κ3) is 8.68. The van der Waals surface area contributed by atoms with Crippen LogP contribution in [-0.2, 0) is 30.4 Å². The predicted octanol–water partition coefficient (Wildman–Crippen LogP) is 4.51. The van der Waals surface area contributed by atoms with Gasteiger partial charge in [-0.25, -0.2) is 4.79 Å². The lowest BCUT2D eigenvalue weighted by Crippen LogP contribution is -2.21. The molecular formula is C24H16ClF2N7O12S3. The summed E-state index contributed by atoms with van der Waals surface area (Å²) in [6.07, 6.45) is 2.94. The smallest absolute Gasteiger partial charge is 0.338 e. The van der Waals surface area contributed by atoms with Crippen molar-refractivity contribution in [2.75, 3.05) is 5.32 Å². The number of aromatic hydroxyl groups is 1. The maximum absolute atomic E-state index is 13.7. The highest BCUT2D eigenvalue weighted by Crippen LogP contribution is 2.38. The summed E-state index contributed by atoms with van der Waals surface area (Å²) in [7, 11) is -15.5. The summed E-state index contributed by atoms with van der Waals surface area (Å²) in [4.78, 5) is 15.5. The van der Waals surface area contributed by atoms with Crippen LogP contribution in [0.3, 0.4) is 0 Å². The minimum absolute atomic E-state index is 0.135. The van der Waals surface area contributed by atoms with E-state index in [1.54, 1.807) is 0 Å². The van der Waals surface area contributed by atoms with Gasteiger partial charge in [-0.2, -0.15) is 44.0 Å². The van der Waals surface area contributed by atoms with Gasteiger partial charge < -0.3 is 15.5 Å². The number of phenols is 1. The van der Waals surface area contributed by atoms with E-state index in [9.17, 15) is 62.7 Å². The summed E-state index contributed by atoms with van der Waals surface area (Å²) >= 11 is 5.72. The lowest BCUT2D eigenvalue weighted by atomic mass is 10.1. The first-order chi connectivity index (χ1) is 22.7. The predicted molar refractivity (Wildman–Crippen MR) is 161 cm³/mol. The summed E-state index contributed by atoms with van der Waals surface area (Å²) < 4.78 is 127. The molecule has 258 valence electrons. The molecule has 19 nitrogen and oxygen atoms in total. The van der Waals surface area contributed by atoms with Crippen LogP contribution in [-0.4, -0.2) is 70.3 Å². The number of halogens is 3. The van der Waals surface area contributed by atoms with Gasteiger partial charge in [-0.05, 0) is 30.3 Å². The van der Waals surface area contributed by atoms with Crippen molar-refractivity contribution in [3.63, 3.8) is 0 Å². The average molecular weight is 764 g/mol. The molecule has 1 aliphatic rings. The van der Waals surface area contributed by atoms with Crippen molar-refractivity contribution < 1.29 is 62.7 Å². The zero-order valence-electron chi connectivity index (χ0n) is 23.4. The van der Waals surface area contributed by atoms with E-state index in [0.29, 0.717) is 6.07 Å². The van der Waals surface area contributed by atoms with Crippen LogP contribution in [0.5, 0.6) is 5.75 Å². The number of carboxylic acid groups (broad SMARTS) is 1. The fourth-order valence-corrected chi connectivity index (χ4v) is 5.95. The van der Waals surface area contributed by atoms with Crippen molar-refractivity contribution in [1.82, 2.24) is 9.97 Å². The Morgan fingerprint density at radius 3 is 2.14 bits per heavy atom. The van der Waals surface area contributed by atoms with Crippen LogP contribution in [0, 0.1) is 12.0 Å². The number of phenolic OH excluding ortho intramolecular Hbond substituents is 1. The molecule has 0 radical (unpaired) electrons. The number of hydrogen-bond donors (Lipinski definition) is 6. The third-order valence-electron chi connectivity index (χ3n) is 5.94. The Bertz CT molecular complexity index is 2390. The van der Waals surface area contributed by atoms with Gasteiger partial charge in [0.1, 0.15) is 26.5 Å². The highest BCUT2D eigenvalue weighted by atomic mass is 35.5. The van der Waals surface area contributed by atoms with Crippen LogP contribution in [0.4, 0.5) is 31.7 Å². The van der Waals surface area contributed by atoms with E-state index in [1.807, 2.05) is 0 Å². The Hall–Kier alpha value is -5.11. The second-order valence-corrected chi connectivity index (χ2v) is 13.9. The van der Waals surface area contributed by atoms with Crippen LogP contribution >= 0.6 is 11.6 Å². The molecule has 1 unspecified atom stereocenters. The molecular weight excluding hydrogens is 748 g/mol. The number of aromatic nitrogens is 2. The Morgan fingerprint density at radius 1 is 0.898 bits per heavy atom. The van der Waals surface area contributed by atoms with Crippen LogP contribution in [0.1, 0.15) is 10.4 Å². The van der Waals surface area contributed by atoms with E-state index in [2.05, 4.69) is 35.7 Å². The molecule has 0 saturated heterocycles. The Balaban J connectivity index is 1.88. The number of hydrogen-bond acceptors (Lipinski definition) is 15. The SMILES string of the molecule is O=C(O)c1cc(Nc2nc(F)nc(F)c2Cl)ccc1N=N/C(N=Nc1cc(S(=O)(=O)O)cc(S(=O)(=O)O)c1O)=C1\C=CC=CC1S(=O)(=O)O. The van der Waals surface area contributed by atoms with Gasteiger partial charge >= 0.3 is 12.0 Å². The third-order valence-corrected chi connectivity index (χ3v) is 9.03. The molecule has 0 fully saturated rings. The number of anilines is 2. The van der Waals surface area contributed by atoms with Gasteiger partial charge in [0.15, 0.2) is 11.6 Å². The minimum Gasteiger partial charge on any atom is -0.504 e. The molecule has 6 N–H and O–H groups in total. The maximum atomic E-state index is 13.7. The highest BCUT2D eigenvalue weighted by Gasteiger charge is 2.29. The van der Waals surface area contributed by atoms with Crippen molar-refractivity contribution in [1.29, 1.82) is 0 Å². The lowest BCUT2D eigenvalue weighted by Gasteiger charge is -2.14. The monoisotopic (exact) mass is 763 g/mol. The van der Waals surface area contributed by atoms with E-state index < -0.39 is 108 Å². The minimum atomic E-state index is -5.34. The molecule has 3 aromatic rings. The van der Waals surface area contributed by atoms with Crippen molar-refractivity contribution >= 4 is 70.8 Å². The largest absolute Gasteiger partial charge is 0.504 e. The number of azo groups is 2. The fourth-order valence-electron chi connectivity index (χ4n) is 3.80. The van der Waals surface area contributed by atoms with Crippen LogP contribution in [0.2, 0.25) is 5.02 Å². The van der Waals surface area contributed by atoms with Crippen molar-refractivity contribution in [2.45, 2.75) is 15.0 Å². The number of nitrogens with one attached hydrogen (secondary N) is 1. The van der Waals surface area contributed by atoms with Crippen LogP contribution < -0.4 is 5.32 Å². The Morgan fingerprint density at radius 2 is 1.55 bits per heavy atom. The molecule has 1 aliphatic carbocycles. The number of nitrogens with zero attached hydrogens (tertiary/aromatic N) is 6. The van der Waals surface area contributed by atoms with Gasteiger partial charge in [-0.1, -0.05) is 35.9 Å². The molecule has 0 bridgehead atoms. The lowest BCUT2D eigenvalue weighted by molar-refractivity contribution is 0.0697. The molecule has 49 heavy (non-hydrogen) atoms. The fraction of sp³-hybridized carbons (Fsp3) is 0.0417. The molecule has 0 saturated carbocycles. The van der Waals surface area contributed by atoms with Crippen molar-refractivity contribution in [2.24, 2.45) is 20.5 Å². The normalized spacial score (nSPS) is 16.4. The second kappa shape index (κ2) is 13.8. The van der Waals surface area contributed by atoms with Gasteiger partial charge in [0.25, 0.3) is 30.4 Å². The van der Waals surface area contributed by atoms with Gasteiger partial charge in [0.05, 0.1) is 10.5 Å². The Labute approximate surface area is 278 Å². The summed E-state index contributed by atoms with van der Waals surface area (Å²) in [6, 6.07) is 3.64. The second-order valence-electron chi connectivity index (χ2n) is 9.21. The van der Waals surface area contributed by atoms with Crippen molar-refractivity contribution in [3.8, 4) is 5.75 Å². The number of aromatic carboxylic acids is 1. The van der Waals surface area contributed by atoms with E-state index in [0.717, 1.165) is 30.4 Å². The van der Waals surface area contributed by atoms with E-state index in [4.69, 9.17) is 11.6 Å². The number of benzene rings is 2. The van der Waals surface area contributed by atoms with Crippen molar-refractivity contribution in [3.05, 3.63) is 88.6 Å². The van der Waals surface area contributed by atoms with Gasteiger partial charge in [-0.15, -0.1) is 20.5 Å². The van der Waals surface area contributed by atoms with E-state index >= 15 is 0 Å². The first-order valence-corrected chi connectivity index (χ1v) is 17.2. The molecule has 1 atom stereocenters. The topological polar surface area (TPSA) is 308 Å². The summed E-state index contributed by atoms with van der Waals surface area (Å²) in [5, 5.41) is 34.4. The average Bonchev–Trinajstić information content (AvgIpc) is 2.99. The van der Waals surface area contributed by atoms with Gasteiger partial charge in [0, 0.05) is 11.3 Å². The first-order valence-electron chi connectivity index (χ1n) is 12.4. The quantitative estimate of drug-likeness (QED) is 0.0716. The zero-order valence-corrected chi connectivity index (χ0v) is 26.6. The molecule has 1 heterocycles. The molecule has 0 spiro atoms. The molecule has 2 aromatic carbocycles. The van der Waals surface area contributed by atoms with Crippen LogP contribution in [0.15, 0.2) is 96.3 Å². The summed E-state index contributed by atoms with van der Waals surface area (Å²) in [5.74, 6) is -5.87. The van der Waals surface area contributed by atoms with E-state index in [1.165, 1.54) is 12.2 Å². The summed E-state index contributed by atoms with van der Waals surface area (Å²) in [5.41, 5.74) is -2.77. The van der Waals surface area contributed by atoms with Gasteiger partial charge in [0.2, 0.25) is 11.8 Å². The van der Waals surface area contributed by atoms with Gasteiger partial charge in [-0.3, -0.25) is 13.7 Å². The molecule has 0 amide bonds. The van der Waals surface area contributed by atoms with Crippen LogP contribution in [0.25, 0.3) is 0 Å². The highest BCUT2D eigenvalue weighted by molar-refractivity contribution is 7.87. The number of carbonyl (C=O) groups is 1. The molecule has 25 heteroatoms. The molecule has 1 aromatic heterocycles. The number of rotatable bonds is 10. The summed E-state index contributed by atoms with van der Waals surface area (Å²) in [6.45, 7) is 0. The first kappa shape index (κ1) is 36.7. The Kier molecular flexibility index (Phi) is 10.3. The number of allylic oxidation sites excluding steroid dienone is 3. The van der Waals surface area contributed by atoms with E-state index in [-0.39, 0.29) is 11.8 Å². The standard InChI is InChI=1S/C24H16ClF2N7O12S3/c25-18-20(26)29-24(27)30-22(18)28-10-5-6-14(13(7-10)23(36)37)31-33-21(12-3-1-2-4-16(12)48(41,42)43)34-32-15-8-11(47(38,39)40)9-17(19(15)35)49(44,45)46/h1-9,16,35H,(H,36,37)(H,28,29,30)(H,38,39,40)(H,41,42,43)(H,44,45,46)/b21-12-,33-31?,34-32?. The molecule has 4 rings (SSSR count). The maximum Gasteiger partial charge on any atom is 0.338 e. The zero-order chi connectivity index (χ0) is 36.5. The molecule has 0 aliphatic heterocycles.